The van der Waals surface area contributed by atoms with E-state index in [4.69, 9.17) is 4.74 Å². The molecule has 2 aromatic carbocycles. The molecule has 3 N–H and O–H groups in total. The molecule has 0 saturated heterocycles. The first-order chi connectivity index (χ1) is 22.3. The van der Waals surface area contributed by atoms with Crippen LogP contribution in [0.3, 0.4) is 0 Å². The maximum absolute atomic E-state index is 14.3. The molecular formula is C39H52F2N2O4. The number of carbonyl (C=O) groups excluding carboxylic acids is 2. The topological polar surface area (TPSA) is 87.7 Å². The van der Waals surface area contributed by atoms with Gasteiger partial charge in [-0.3, -0.25) is 9.59 Å². The Bertz CT molecular complexity index is 1430. The number of rotatable bonds is 10. The number of hydrogen-bond acceptors (Lipinski definition) is 5. The van der Waals surface area contributed by atoms with Gasteiger partial charge < -0.3 is 20.5 Å². The minimum Gasteiger partial charge on any atom is -0.469 e. The summed E-state index contributed by atoms with van der Waals surface area (Å²) in [5.41, 5.74) is 2.02. The van der Waals surface area contributed by atoms with E-state index < -0.39 is 29.2 Å². The van der Waals surface area contributed by atoms with E-state index in [1.54, 1.807) is 0 Å². The van der Waals surface area contributed by atoms with Crippen LogP contribution in [0.1, 0.15) is 102 Å². The average Bonchev–Trinajstić information content (AvgIpc) is 3.02. The molecule has 2 aromatic rings. The Morgan fingerprint density at radius 2 is 1.64 bits per heavy atom. The molecule has 0 aliphatic heterocycles. The Balaban J connectivity index is 1.23. The third-order valence-corrected chi connectivity index (χ3v) is 12.0. The molecule has 0 aromatic heterocycles. The zero-order valence-electron chi connectivity index (χ0n) is 28.4. The molecule has 5 aliphatic rings. The van der Waals surface area contributed by atoms with Gasteiger partial charge in [-0.2, -0.15) is 0 Å². The number of hydrogen-bond donors (Lipinski definition) is 3. The smallest absolute Gasteiger partial charge is 0.311 e. The summed E-state index contributed by atoms with van der Waals surface area (Å²) in [4.78, 5) is 27.0. The number of aliphatic hydroxyl groups excluding tert-OH is 1. The molecule has 5 aliphatic carbocycles. The van der Waals surface area contributed by atoms with Gasteiger partial charge in [-0.1, -0.05) is 64.3 Å². The molecule has 4 bridgehead atoms. The van der Waals surface area contributed by atoms with E-state index >= 15 is 0 Å². The Labute approximate surface area is 278 Å². The van der Waals surface area contributed by atoms with Gasteiger partial charge in [0.2, 0.25) is 5.91 Å². The molecule has 5 fully saturated rings. The molecule has 0 spiro atoms. The lowest BCUT2D eigenvalue weighted by Crippen LogP contribution is -2.60. The van der Waals surface area contributed by atoms with Gasteiger partial charge in [0.15, 0.2) is 0 Å². The highest BCUT2D eigenvalue weighted by molar-refractivity contribution is 5.82. The Kier molecular flexibility index (Phi) is 9.58. The quantitative estimate of drug-likeness (QED) is 0.249. The van der Waals surface area contributed by atoms with Crippen LogP contribution in [0, 0.1) is 40.7 Å². The van der Waals surface area contributed by atoms with Crippen LogP contribution in [-0.2, 0) is 31.7 Å². The number of esters is 1. The first-order valence-electron chi connectivity index (χ1n) is 17.7. The molecule has 256 valence electrons. The van der Waals surface area contributed by atoms with E-state index in [1.807, 2.05) is 0 Å². The van der Waals surface area contributed by atoms with Crippen molar-refractivity contribution < 1.29 is 28.2 Å². The molecule has 6 nitrogen and oxygen atoms in total. The summed E-state index contributed by atoms with van der Waals surface area (Å²) in [5, 5.41) is 18.7. The summed E-state index contributed by atoms with van der Waals surface area (Å²) >= 11 is 0. The third kappa shape index (κ3) is 7.01. The van der Waals surface area contributed by atoms with Crippen LogP contribution in [0.25, 0.3) is 0 Å². The number of aliphatic hydroxyl groups is 1. The maximum Gasteiger partial charge on any atom is 0.311 e. The van der Waals surface area contributed by atoms with Crippen molar-refractivity contribution in [3.8, 4) is 0 Å². The van der Waals surface area contributed by atoms with Gasteiger partial charge in [-0.05, 0) is 103 Å². The zero-order chi connectivity index (χ0) is 33.6. The average molecular weight is 651 g/mol. The van der Waals surface area contributed by atoms with Crippen molar-refractivity contribution in [1.29, 1.82) is 0 Å². The van der Waals surface area contributed by atoms with Crippen molar-refractivity contribution in [2.24, 2.45) is 29.1 Å². The molecule has 0 heterocycles. The minimum atomic E-state index is -1.01. The van der Waals surface area contributed by atoms with Gasteiger partial charge in [0.1, 0.15) is 11.6 Å². The summed E-state index contributed by atoms with van der Waals surface area (Å²) in [6.07, 6.45) is 8.21. The van der Waals surface area contributed by atoms with E-state index in [2.05, 4.69) is 55.7 Å². The second kappa shape index (κ2) is 13.2. The lowest BCUT2D eigenvalue weighted by atomic mass is 9.46. The van der Waals surface area contributed by atoms with E-state index in [0.717, 1.165) is 57.4 Å². The van der Waals surface area contributed by atoms with Crippen molar-refractivity contribution >= 4 is 11.9 Å². The summed E-state index contributed by atoms with van der Waals surface area (Å²) in [6.45, 7) is 6.84. The van der Waals surface area contributed by atoms with Crippen molar-refractivity contribution in [2.45, 2.75) is 114 Å². The maximum atomic E-state index is 14.3. The zero-order valence-corrected chi connectivity index (χ0v) is 28.4. The van der Waals surface area contributed by atoms with E-state index in [-0.39, 0.29) is 53.5 Å². The van der Waals surface area contributed by atoms with Crippen LogP contribution in [0.2, 0.25) is 0 Å². The predicted octanol–water partition coefficient (Wildman–Crippen LogP) is 6.72. The molecule has 1 amide bonds. The Morgan fingerprint density at radius 1 is 0.979 bits per heavy atom. The lowest BCUT2D eigenvalue weighted by molar-refractivity contribution is -0.177. The Hall–Kier alpha value is -2.84. The number of ether oxygens (including phenoxy) is 1. The molecular weight excluding hydrogens is 598 g/mol. The van der Waals surface area contributed by atoms with E-state index in [1.165, 1.54) is 30.4 Å². The fraction of sp³-hybridized carbons (Fsp3) is 0.641. The van der Waals surface area contributed by atoms with Gasteiger partial charge in [-0.25, -0.2) is 8.78 Å². The normalized spacial score (nSPS) is 29.3. The summed E-state index contributed by atoms with van der Waals surface area (Å²) in [6, 6.07) is 11.3. The van der Waals surface area contributed by atoms with Gasteiger partial charge in [-0.15, -0.1) is 0 Å². The summed E-state index contributed by atoms with van der Waals surface area (Å²) < 4.78 is 33.7. The number of amides is 1. The fourth-order valence-electron chi connectivity index (χ4n) is 9.91. The van der Waals surface area contributed by atoms with Crippen LogP contribution in [0.4, 0.5) is 8.78 Å². The molecule has 2 unspecified atom stereocenters. The van der Waals surface area contributed by atoms with Crippen LogP contribution >= 0.6 is 0 Å². The molecule has 0 radical (unpaired) electrons. The van der Waals surface area contributed by atoms with Crippen molar-refractivity contribution in [2.75, 3.05) is 13.7 Å². The molecule has 7 rings (SSSR count). The first kappa shape index (κ1) is 34.0. The molecule has 47 heavy (non-hydrogen) atoms. The van der Waals surface area contributed by atoms with Crippen LogP contribution < -0.4 is 10.6 Å². The largest absolute Gasteiger partial charge is 0.469 e. The van der Waals surface area contributed by atoms with E-state index in [0.29, 0.717) is 24.3 Å². The standard InChI is InChI=1S/C39H52F2N2O4/c1-37(2,3)28-9-8-10-29(18-28)39(11-6-5-7-12-39)42-23-33(44)32(17-24-15-30(40)19-31(41)16-24)43-35(45)34-26-13-25-14-27(34)22-38(20-25,21-26)36(46)47-4/h8-10,15-16,18-19,25-27,32-34,42,44H,5-7,11-14,17,20-23H2,1-4H3,(H,43,45)/t25?,26?,27?,32-,33+,34?,38?/m0/s1. The number of carbonyl (C=O) groups is 2. The summed E-state index contributed by atoms with van der Waals surface area (Å²) in [7, 11) is 1.44. The van der Waals surface area contributed by atoms with E-state index in [9.17, 15) is 23.5 Å². The SMILES string of the molecule is COC(=O)C12CC3CC(C1)C(C(=O)N[C@@H](Cc1cc(F)cc(F)c1)[C@H](O)CNC1(c4cccc(C(C)(C)C)c4)CCCCC1)C(C3)C2. The fourth-order valence-corrected chi connectivity index (χ4v) is 9.91. The highest BCUT2D eigenvalue weighted by Gasteiger charge is 2.60. The van der Waals surface area contributed by atoms with Crippen molar-refractivity contribution in [3.63, 3.8) is 0 Å². The third-order valence-electron chi connectivity index (χ3n) is 12.0. The van der Waals surface area contributed by atoms with Gasteiger partial charge in [0.05, 0.1) is 24.7 Å². The van der Waals surface area contributed by atoms with Crippen LogP contribution in [-0.4, -0.2) is 42.8 Å². The van der Waals surface area contributed by atoms with Crippen molar-refractivity contribution in [1.82, 2.24) is 10.6 Å². The highest BCUT2D eigenvalue weighted by atomic mass is 19.1. The molecule has 5 saturated carbocycles. The number of nitrogens with one attached hydrogen (secondary N) is 2. The Morgan fingerprint density at radius 3 is 2.26 bits per heavy atom. The minimum absolute atomic E-state index is 0.00455. The van der Waals surface area contributed by atoms with Crippen LogP contribution in [0.5, 0.6) is 0 Å². The van der Waals surface area contributed by atoms with Gasteiger partial charge in [0, 0.05) is 24.1 Å². The molecule has 8 heteroatoms. The monoisotopic (exact) mass is 650 g/mol. The highest BCUT2D eigenvalue weighted by Crippen LogP contribution is 2.62. The summed E-state index contributed by atoms with van der Waals surface area (Å²) in [5.74, 6) is -1.37. The predicted molar refractivity (Wildman–Crippen MR) is 177 cm³/mol. The van der Waals surface area contributed by atoms with Crippen LogP contribution in [0.15, 0.2) is 42.5 Å². The molecule has 4 atom stereocenters. The van der Waals surface area contributed by atoms with Gasteiger partial charge in [0.25, 0.3) is 0 Å². The number of methoxy groups -OCH3 is 1. The van der Waals surface area contributed by atoms with Crippen molar-refractivity contribution in [3.05, 3.63) is 70.8 Å². The first-order valence-corrected chi connectivity index (χ1v) is 17.7. The second-order valence-corrected chi connectivity index (χ2v) is 16.3. The second-order valence-electron chi connectivity index (χ2n) is 16.3. The number of halogens is 2. The number of benzene rings is 2. The lowest BCUT2D eigenvalue weighted by Gasteiger charge is -2.58. The van der Waals surface area contributed by atoms with Gasteiger partial charge >= 0.3 is 5.97 Å².